The number of carbonyl (C=O) groups excluding carboxylic acids is 3. The van der Waals surface area contributed by atoms with Crippen molar-refractivity contribution in [2.75, 3.05) is 13.1 Å². The monoisotopic (exact) mass is 597 g/mol. The van der Waals surface area contributed by atoms with E-state index in [-0.39, 0.29) is 42.4 Å². The third-order valence-corrected chi connectivity index (χ3v) is 6.97. The molecule has 2 aliphatic rings. The Balaban J connectivity index is 1.91. The number of nitrogens with zero attached hydrogens (tertiary/aromatic N) is 2. The zero-order valence-corrected chi connectivity index (χ0v) is 24.1. The third-order valence-electron chi connectivity index (χ3n) is 6.97. The second kappa shape index (κ2) is 14.6. The Morgan fingerprint density at radius 1 is 1.21 bits per heavy atom. The molecule has 2 bridgehead atoms. The first kappa shape index (κ1) is 33.1. The van der Waals surface area contributed by atoms with Crippen LogP contribution in [0.3, 0.4) is 0 Å². The SMILES string of the molecule is CC1=C\[C@@H](O)C[C@@H](OC(F)(F)F)Cc2nc(co2)C(=O)N2CCC[C@@H]2C(=O)OC(C(C)C)[C@H](C)/C=C/C(=O)NC\C=C\1. The molecule has 3 heterocycles. The average molecular weight is 598 g/mol. The fraction of sp³-hybridized carbons (Fsp3) is 0.586. The number of esters is 1. The van der Waals surface area contributed by atoms with Crippen molar-refractivity contribution < 1.29 is 46.6 Å². The number of fused-ring (bicyclic) bond motifs is 3. The van der Waals surface area contributed by atoms with Gasteiger partial charge in [-0.2, -0.15) is 0 Å². The summed E-state index contributed by atoms with van der Waals surface area (Å²) < 4.78 is 54.7. The van der Waals surface area contributed by atoms with E-state index in [2.05, 4.69) is 15.0 Å². The van der Waals surface area contributed by atoms with Crippen LogP contribution in [0, 0.1) is 11.8 Å². The number of aliphatic hydroxyl groups is 1. The highest BCUT2D eigenvalue weighted by Gasteiger charge is 2.39. The van der Waals surface area contributed by atoms with Crippen LogP contribution < -0.4 is 5.32 Å². The van der Waals surface area contributed by atoms with Gasteiger partial charge in [-0.1, -0.05) is 50.6 Å². The maximum Gasteiger partial charge on any atom is 0.522 e. The summed E-state index contributed by atoms with van der Waals surface area (Å²) in [7, 11) is 0. The van der Waals surface area contributed by atoms with Crippen LogP contribution in [0.4, 0.5) is 13.2 Å². The quantitative estimate of drug-likeness (QED) is 0.492. The fourth-order valence-corrected chi connectivity index (χ4v) is 5.03. The van der Waals surface area contributed by atoms with Crippen molar-refractivity contribution in [2.24, 2.45) is 11.8 Å². The highest BCUT2D eigenvalue weighted by atomic mass is 19.4. The summed E-state index contributed by atoms with van der Waals surface area (Å²) in [5, 5.41) is 13.1. The van der Waals surface area contributed by atoms with Gasteiger partial charge in [0.25, 0.3) is 5.91 Å². The first-order valence-corrected chi connectivity index (χ1v) is 13.9. The molecule has 13 heteroatoms. The summed E-state index contributed by atoms with van der Waals surface area (Å²) in [5.74, 6) is -2.16. The minimum Gasteiger partial charge on any atom is -0.460 e. The lowest BCUT2D eigenvalue weighted by atomic mass is 9.94. The van der Waals surface area contributed by atoms with Crippen LogP contribution in [0.5, 0.6) is 0 Å². The molecular formula is C29H38F3N3O7. The van der Waals surface area contributed by atoms with Gasteiger partial charge in [0.1, 0.15) is 18.4 Å². The number of cyclic esters (lactones) is 1. The number of aromatic nitrogens is 1. The molecule has 1 saturated heterocycles. The number of hydrogen-bond donors (Lipinski definition) is 2. The number of alkyl halides is 3. The molecule has 0 spiro atoms. The van der Waals surface area contributed by atoms with Crippen molar-refractivity contribution in [3.05, 3.63) is 53.8 Å². The Hall–Kier alpha value is -3.45. The van der Waals surface area contributed by atoms with E-state index in [4.69, 9.17) is 9.15 Å². The van der Waals surface area contributed by atoms with Gasteiger partial charge in [0, 0.05) is 25.4 Å². The van der Waals surface area contributed by atoms with E-state index < -0.39 is 55.4 Å². The Morgan fingerprint density at radius 3 is 2.64 bits per heavy atom. The number of aliphatic hydroxyl groups excluding tert-OH is 1. The first-order chi connectivity index (χ1) is 19.7. The molecule has 42 heavy (non-hydrogen) atoms. The van der Waals surface area contributed by atoms with Crippen LogP contribution in [0.2, 0.25) is 0 Å². The van der Waals surface area contributed by atoms with E-state index in [0.29, 0.717) is 18.4 Å². The standard InChI is InChI=1S/C29H38F3N3O7/c1-17(2)26-19(4)9-10-24(37)33-11-5-7-18(3)13-20(36)14-21(42-29(30,31)32)15-25-34-22(16-40-25)27(38)35-12-6-8-23(35)28(39)41-26/h5,7,9-10,13,16-17,19-21,23,26,36H,6,8,11-12,14-15H2,1-4H3,(H,33,37)/b7-5+,10-9+,18-13+/t19-,20-,21-,23-,26?/m1/s1. The van der Waals surface area contributed by atoms with Crippen LogP contribution in [0.25, 0.3) is 0 Å². The van der Waals surface area contributed by atoms with Crippen LogP contribution in [-0.4, -0.2) is 76.6 Å². The van der Waals surface area contributed by atoms with Gasteiger partial charge in [0.2, 0.25) is 5.91 Å². The van der Waals surface area contributed by atoms with Crippen molar-refractivity contribution in [3.63, 3.8) is 0 Å². The molecule has 3 rings (SSSR count). The van der Waals surface area contributed by atoms with E-state index in [0.717, 1.165) is 6.26 Å². The van der Waals surface area contributed by atoms with E-state index in [1.54, 1.807) is 25.2 Å². The van der Waals surface area contributed by atoms with Crippen LogP contribution in [-0.2, 0) is 25.5 Å². The normalized spacial score (nSPS) is 30.2. The predicted octanol–water partition coefficient (Wildman–Crippen LogP) is 3.87. The number of hydrogen-bond acceptors (Lipinski definition) is 8. The largest absolute Gasteiger partial charge is 0.522 e. The topological polar surface area (TPSA) is 131 Å². The fourth-order valence-electron chi connectivity index (χ4n) is 5.03. The zero-order valence-electron chi connectivity index (χ0n) is 24.1. The molecule has 0 radical (unpaired) electrons. The molecule has 1 unspecified atom stereocenters. The van der Waals surface area contributed by atoms with Crippen LogP contribution >= 0.6 is 0 Å². The lowest BCUT2D eigenvalue weighted by Crippen LogP contribution is -2.44. The lowest BCUT2D eigenvalue weighted by Gasteiger charge is -2.29. The lowest BCUT2D eigenvalue weighted by molar-refractivity contribution is -0.344. The molecule has 2 N–H and O–H groups in total. The summed E-state index contributed by atoms with van der Waals surface area (Å²) in [4.78, 5) is 44.2. The first-order valence-electron chi connectivity index (χ1n) is 13.9. The Morgan fingerprint density at radius 2 is 1.95 bits per heavy atom. The molecule has 0 aromatic carbocycles. The maximum atomic E-state index is 13.3. The summed E-state index contributed by atoms with van der Waals surface area (Å²) in [6.45, 7) is 7.67. The van der Waals surface area contributed by atoms with Gasteiger partial charge in [-0.05, 0) is 31.8 Å². The molecule has 2 amide bonds. The Labute approximate surface area is 242 Å². The summed E-state index contributed by atoms with van der Waals surface area (Å²) in [6, 6.07) is -0.877. The van der Waals surface area contributed by atoms with E-state index in [9.17, 15) is 32.7 Å². The summed E-state index contributed by atoms with van der Waals surface area (Å²) in [6.07, 6.45) is 0.231. The van der Waals surface area contributed by atoms with E-state index in [1.807, 2.05) is 20.8 Å². The number of nitrogens with one attached hydrogen (secondary N) is 1. The second-order valence-electron chi connectivity index (χ2n) is 10.9. The van der Waals surface area contributed by atoms with Crippen LogP contribution in [0.1, 0.15) is 63.3 Å². The second-order valence-corrected chi connectivity index (χ2v) is 10.9. The van der Waals surface area contributed by atoms with Gasteiger partial charge >= 0.3 is 12.3 Å². The van der Waals surface area contributed by atoms with Gasteiger partial charge in [-0.15, -0.1) is 13.2 Å². The van der Waals surface area contributed by atoms with E-state index >= 15 is 0 Å². The highest BCUT2D eigenvalue weighted by molar-refractivity contribution is 5.95. The average Bonchev–Trinajstić information content (AvgIpc) is 3.56. The van der Waals surface area contributed by atoms with Crippen molar-refractivity contribution in [2.45, 2.75) is 84.1 Å². The third kappa shape index (κ3) is 9.83. The number of amides is 2. The molecular weight excluding hydrogens is 559 g/mol. The molecule has 0 aliphatic carbocycles. The summed E-state index contributed by atoms with van der Waals surface area (Å²) in [5.41, 5.74) is 0.383. The number of oxazole rings is 1. The van der Waals surface area contributed by atoms with Crippen molar-refractivity contribution >= 4 is 17.8 Å². The number of ether oxygens (including phenoxy) is 2. The molecule has 232 valence electrons. The number of allylic oxidation sites excluding steroid dienone is 2. The molecule has 1 fully saturated rings. The minimum atomic E-state index is -4.99. The molecule has 5 atom stereocenters. The zero-order chi connectivity index (χ0) is 31.0. The highest BCUT2D eigenvalue weighted by Crippen LogP contribution is 2.27. The number of carbonyl (C=O) groups is 3. The van der Waals surface area contributed by atoms with E-state index in [1.165, 1.54) is 17.1 Å². The smallest absolute Gasteiger partial charge is 0.460 e. The predicted molar refractivity (Wildman–Crippen MR) is 145 cm³/mol. The van der Waals surface area contributed by atoms with Crippen LogP contribution in [0.15, 0.2) is 46.6 Å². The van der Waals surface area contributed by atoms with Crippen molar-refractivity contribution in [1.82, 2.24) is 15.2 Å². The molecule has 1 aromatic rings. The Kier molecular flexibility index (Phi) is 11.5. The molecule has 2 aliphatic heterocycles. The number of rotatable bonds is 2. The van der Waals surface area contributed by atoms with Crippen molar-refractivity contribution in [1.29, 1.82) is 0 Å². The number of halogens is 3. The molecule has 10 nitrogen and oxygen atoms in total. The molecule has 1 aromatic heterocycles. The maximum absolute atomic E-state index is 13.3. The van der Waals surface area contributed by atoms with Gasteiger partial charge in [0.05, 0.1) is 18.6 Å². The molecule has 0 saturated carbocycles. The minimum absolute atomic E-state index is 0.0882. The van der Waals surface area contributed by atoms with Gasteiger partial charge in [0.15, 0.2) is 11.6 Å². The van der Waals surface area contributed by atoms with Gasteiger partial charge < -0.3 is 24.5 Å². The van der Waals surface area contributed by atoms with Gasteiger partial charge in [-0.25, -0.2) is 9.78 Å². The summed E-state index contributed by atoms with van der Waals surface area (Å²) >= 11 is 0. The van der Waals surface area contributed by atoms with Crippen molar-refractivity contribution in [3.8, 4) is 0 Å². The van der Waals surface area contributed by atoms with Gasteiger partial charge in [-0.3, -0.25) is 14.3 Å². The Bertz CT molecular complexity index is 1190.